The summed E-state index contributed by atoms with van der Waals surface area (Å²) in [7, 11) is 1.99. The van der Waals surface area contributed by atoms with Crippen LogP contribution in [-0.4, -0.2) is 28.3 Å². The Morgan fingerprint density at radius 2 is 1.94 bits per heavy atom. The highest BCUT2D eigenvalue weighted by molar-refractivity contribution is 7.80. The Labute approximate surface area is 212 Å². The third-order valence-electron chi connectivity index (χ3n) is 6.57. The van der Waals surface area contributed by atoms with Crippen molar-refractivity contribution in [3.63, 3.8) is 0 Å². The second-order valence-corrected chi connectivity index (χ2v) is 9.99. The number of ether oxygens (including phenoxy) is 1. The molecule has 6 heteroatoms. The molecular formula is C29H32N4OS. The first-order valence-electron chi connectivity index (χ1n) is 12.3. The SMILES string of the molecule is CC(C)CCn1c(Cc2ccc3c(c2)CCO3)nc2cc(N(C)C(=S)Nc3ccccc3)ccc21. The standard InChI is InChI=1S/C29H32N4OS/c1-20(2)13-15-33-26-11-10-24(32(3)29(35)30-23-7-5-4-6-8-23)19-25(26)31-28(33)18-21-9-12-27-22(17-21)14-16-34-27/h4-12,17,19-20H,13-16,18H2,1-3H3,(H,30,35). The van der Waals surface area contributed by atoms with Crippen LogP contribution in [0.1, 0.15) is 37.2 Å². The first-order valence-corrected chi connectivity index (χ1v) is 12.7. The molecule has 0 amide bonds. The maximum atomic E-state index is 5.69. The fraction of sp³-hybridized carbons (Fsp3) is 0.310. The largest absolute Gasteiger partial charge is 0.493 e. The number of rotatable bonds is 7. The molecule has 1 aliphatic rings. The molecule has 0 saturated carbocycles. The van der Waals surface area contributed by atoms with Gasteiger partial charge in [0.05, 0.1) is 17.6 Å². The van der Waals surface area contributed by atoms with Crippen molar-refractivity contribution in [2.24, 2.45) is 5.92 Å². The van der Waals surface area contributed by atoms with E-state index in [0.29, 0.717) is 11.0 Å². The summed E-state index contributed by atoms with van der Waals surface area (Å²) in [6.45, 7) is 6.28. The summed E-state index contributed by atoms with van der Waals surface area (Å²) < 4.78 is 8.08. The summed E-state index contributed by atoms with van der Waals surface area (Å²) in [5, 5.41) is 3.96. The summed E-state index contributed by atoms with van der Waals surface area (Å²) in [5.41, 5.74) is 6.74. The minimum Gasteiger partial charge on any atom is -0.493 e. The molecule has 1 N–H and O–H groups in total. The molecule has 1 aliphatic heterocycles. The molecule has 0 aliphatic carbocycles. The van der Waals surface area contributed by atoms with Crippen molar-refractivity contribution in [1.29, 1.82) is 0 Å². The van der Waals surface area contributed by atoms with Crippen molar-refractivity contribution in [3.8, 4) is 5.75 Å². The van der Waals surface area contributed by atoms with Crippen LogP contribution in [0.3, 0.4) is 0 Å². The minimum atomic E-state index is 0.629. The second kappa shape index (κ2) is 10.1. The van der Waals surface area contributed by atoms with Crippen molar-refractivity contribution in [3.05, 3.63) is 83.7 Å². The summed E-state index contributed by atoms with van der Waals surface area (Å²) in [6, 6.07) is 23.0. The fourth-order valence-electron chi connectivity index (χ4n) is 4.53. The third kappa shape index (κ3) is 5.17. The van der Waals surface area contributed by atoms with Crippen LogP contribution in [0.15, 0.2) is 66.7 Å². The Balaban J connectivity index is 1.43. The van der Waals surface area contributed by atoms with Gasteiger partial charge in [0.25, 0.3) is 0 Å². The molecule has 0 spiro atoms. The number of thiocarbonyl (C=S) groups is 1. The van der Waals surface area contributed by atoms with Gasteiger partial charge >= 0.3 is 0 Å². The van der Waals surface area contributed by atoms with E-state index in [9.17, 15) is 0 Å². The van der Waals surface area contributed by atoms with Crippen LogP contribution in [0.5, 0.6) is 5.75 Å². The average molecular weight is 485 g/mol. The van der Waals surface area contributed by atoms with Crippen molar-refractivity contribution < 1.29 is 4.74 Å². The van der Waals surface area contributed by atoms with Gasteiger partial charge in [-0.15, -0.1) is 0 Å². The molecule has 35 heavy (non-hydrogen) atoms. The molecule has 0 unspecified atom stereocenters. The van der Waals surface area contributed by atoms with Gasteiger partial charge in [-0.25, -0.2) is 4.98 Å². The van der Waals surface area contributed by atoms with Crippen molar-refractivity contribution in [1.82, 2.24) is 9.55 Å². The normalized spacial score (nSPS) is 12.6. The Morgan fingerprint density at radius 3 is 2.74 bits per heavy atom. The van der Waals surface area contributed by atoms with E-state index in [2.05, 4.69) is 60.1 Å². The van der Waals surface area contributed by atoms with Crippen molar-refractivity contribution in [2.75, 3.05) is 23.9 Å². The first kappa shape index (κ1) is 23.4. The summed E-state index contributed by atoms with van der Waals surface area (Å²) in [6.07, 6.45) is 2.90. The van der Waals surface area contributed by atoms with Gasteiger partial charge in [-0.3, -0.25) is 0 Å². The summed E-state index contributed by atoms with van der Waals surface area (Å²) in [5.74, 6) is 2.75. The smallest absolute Gasteiger partial charge is 0.177 e. The molecule has 3 aromatic carbocycles. The lowest BCUT2D eigenvalue weighted by molar-refractivity contribution is 0.357. The molecule has 5 nitrogen and oxygen atoms in total. The number of nitrogens with one attached hydrogen (secondary N) is 1. The fourth-order valence-corrected chi connectivity index (χ4v) is 4.75. The van der Waals surface area contributed by atoms with Gasteiger partial charge in [-0.05, 0) is 72.1 Å². The maximum Gasteiger partial charge on any atom is 0.177 e. The number of fused-ring (bicyclic) bond motifs is 2. The number of nitrogens with zero attached hydrogens (tertiary/aromatic N) is 3. The number of aromatic nitrogens is 2. The molecule has 5 rings (SSSR count). The number of aryl methyl sites for hydroxylation is 1. The summed E-state index contributed by atoms with van der Waals surface area (Å²) >= 11 is 5.67. The number of anilines is 2. The van der Waals surface area contributed by atoms with Gasteiger partial charge in [0, 0.05) is 37.8 Å². The van der Waals surface area contributed by atoms with E-state index in [-0.39, 0.29) is 0 Å². The third-order valence-corrected chi connectivity index (χ3v) is 6.95. The molecule has 0 radical (unpaired) electrons. The van der Waals surface area contributed by atoms with Crippen LogP contribution in [0.4, 0.5) is 11.4 Å². The lowest BCUT2D eigenvalue weighted by Crippen LogP contribution is -2.30. The molecule has 180 valence electrons. The second-order valence-electron chi connectivity index (χ2n) is 9.61. The van der Waals surface area contributed by atoms with Crippen LogP contribution in [0.25, 0.3) is 11.0 Å². The first-order chi connectivity index (χ1) is 17.0. The number of hydrogen-bond acceptors (Lipinski definition) is 3. The molecule has 2 heterocycles. The molecule has 0 atom stereocenters. The average Bonchev–Trinajstić information content (AvgIpc) is 3.46. The van der Waals surface area contributed by atoms with Gasteiger partial charge in [0.15, 0.2) is 5.11 Å². The van der Waals surface area contributed by atoms with E-state index in [1.807, 2.05) is 42.3 Å². The van der Waals surface area contributed by atoms with Gasteiger partial charge in [-0.1, -0.05) is 44.2 Å². The Morgan fingerprint density at radius 1 is 1.11 bits per heavy atom. The van der Waals surface area contributed by atoms with E-state index in [4.69, 9.17) is 21.9 Å². The predicted octanol–water partition coefficient (Wildman–Crippen LogP) is 6.44. The highest BCUT2D eigenvalue weighted by atomic mass is 32.1. The molecular weight excluding hydrogens is 452 g/mol. The van der Waals surface area contributed by atoms with Gasteiger partial charge in [-0.2, -0.15) is 0 Å². The number of para-hydroxylation sites is 1. The molecule has 0 fully saturated rings. The highest BCUT2D eigenvalue weighted by Crippen LogP contribution is 2.29. The summed E-state index contributed by atoms with van der Waals surface area (Å²) in [4.78, 5) is 7.10. The monoisotopic (exact) mass is 484 g/mol. The molecule has 0 saturated heterocycles. The molecule has 4 aromatic rings. The maximum absolute atomic E-state index is 5.69. The predicted molar refractivity (Wildman–Crippen MR) is 149 cm³/mol. The van der Waals surface area contributed by atoms with Crippen molar-refractivity contribution >= 4 is 39.7 Å². The topological polar surface area (TPSA) is 42.3 Å². The Kier molecular flexibility index (Phi) is 6.73. The molecule has 0 bridgehead atoms. The van der Waals surface area contributed by atoms with Crippen LogP contribution in [0, 0.1) is 5.92 Å². The van der Waals surface area contributed by atoms with Crippen LogP contribution < -0.4 is 15.0 Å². The minimum absolute atomic E-state index is 0.629. The Hall–Kier alpha value is -3.38. The van der Waals surface area contributed by atoms with E-state index in [1.165, 1.54) is 16.6 Å². The lowest BCUT2D eigenvalue weighted by atomic mass is 10.1. The van der Waals surface area contributed by atoms with E-state index >= 15 is 0 Å². The zero-order valence-electron chi connectivity index (χ0n) is 20.6. The number of imidazole rings is 1. The van der Waals surface area contributed by atoms with E-state index < -0.39 is 0 Å². The lowest BCUT2D eigenvalue weighted by Gasteiger charge is -2.21. The number of benzene rings is 3. The zero-order valence-corrected chi connectivity index (χ0v) is 21.4. The van der Waals surface area contributed by atoms with Crippen LogP contribution in [0.2, 0.25) is 0 Å². The molecule has 1 aromatic heterocycles. The highest BCUT2D eigenvalue weighted by Gasteiger charge is 2.17. The van der Waals surface area contributed by atoms with E-state index in [0.717, 1.165) is 60.9 Å². The number of hydrogen-bond donors (Lipinski definition) is 1. The van der Waals surface area contributed by atoms with Gasteiger partial charge in [0.1, 0.15) is 11.6 Å². The van der Waals surface area contributed by atoms with Gasteiger partial charge in [0.2, 0.25) is 0 Å². The van der Waals surface area contributed by atoms with Gasteiger partial charge < -0.3 is 19.5 Å². The van der Waals surface area contributed by atoms with Crippen molar-refractivity contribution in [2.45, 2.75) is 39.7 Å². The quantitative estimate of drug-likeness (QED) is 0.306. The van der Waals surface area contributed by atoms with Crippen LogP contribution in [-0.2, 0) is 19.4 Å². The zero-order chi connectivity index (χ0) is 24.4. The Bertz CT molecular complexity index is 1350. The van der Waals surface area contributed by atoms with E-state index in [1.54, 1.807) is 0 Å². The van der Waals surface area contributed by atoms with Crippen LogP contribution >= 0.6 is 12.2 Å².